The summed E-state index contributed by atoms with van der Waals surface area (Å²) in [5.41, 5.74) is 0. The molecule has 1 aliphatic heterocycles. The third kappa shape index (κ3) is 31.6. The maximum absolute atomic E-state index is 12.8. The molecule has 0 aromatic rings. The van der Waals surface area contributed by atoms with Crippen LogP contribution in [-0.2, 0) is 38.3 Å². The molecule has 0 saturated carbocycles. The number of esters is 1. The molecule has 0 spiro atoms. The largest absolute Gasteiger partial charge is 0.457 e. The maximum Gasteiger partial charge on any atom is 0.397 e. The van der Waals surface area contributed by atoms with E-state index in [1.807, 2.05) is 0 Å². The second kappa shape index (κ2) is 37.8. The summed E-state index contributed by atoms with van der Waals surface area (Å²) in [5.74, 6) is -0.430. The molecule has 4 N–H and O–H groups in total. The zero-order valence-corrected chi connectivity index (χ0v) is 37.4. The fourth-order valence-corrected chi connectivity index (χ4v) is 7.25. The number of hydrogen-bond donors (Lipinski definition) is 4. The average molecular weight is 859 g/mol. The Kier molecular flexibility index (Phi) is 35.3. The van der Waals surface area contributed by atoms with Crippen LogP contribution in [0.25, 0.3) is 0 Å². The van der Waals surface area contributed by atoms with Gasteiger partial charge in [0, 0.05) is 13.0 Å². The van der Waals surface area contributed by atoms with Crippen LogP contribution in [0.5, 0.6) is 0 Å². The number of carbonyl (C=O) groups is 1. The van der Waals surface area contributed by atoms with Crippen LogP contribution < -0.4 is 0 Å². The Balaban J connectivity index is 2.42. The Labute approximate surface area is 357 Å². The van der Waals surface area contributed by atoms with Crippen LogP contribution in [-0.4, -0.2) is 97.5 Å². The molecule has 1 fully saturated rings. The van der Waals surface area contributed by atoms with Crippen molar-refractivity contribution in [1.29, 1.82) is 0 Å². The normalized spacial score (nSPS) is 20.8. The van der Waals surface area contributed by atoms with Crippen LogP contribution in [0.15, 0.2) is 48.6 Å². The van der Waals surface area contributed by atoms with E-state index in [4.69, 9.17) is 23.5 Å². The highest BCUT2D eigenvalue weighted by atomic mass is 32.3. The van der Waals surface area contributed by atoms with Crippen molar-refractivity contribution in [3.8, 4) is 0 Å². The first-order valence-electron chi connectivity index (χ1n) is 22.9. The van der Waals surface area contributed by atoms with E-state index in [-0.39, 0.29) is 19.6 Å². The van der Waals surface area contributed by atoms with E-state index in [0.29, 0.717) is 13.0 Å². The molecule has 6 unspecified atom stereocenters. The van der Waals surface area contributed by atoms with Gasteiger partial charge in [-0.25, -0.2) is 4.18 Å². The van der Waals surface area contributed by atoms with Crippen molar-refractivity contribution in [2.45, 2.75) is 211 Å². The molecule has 1 saturated heterocycles. The number of rotatable bonds is 39. The van der Waals surface area contributed by atoms with E-state index in [2.05, 4.69) is 66.6 Å². The maximum atomic E-state index is 12.8. The van der Waals surface area contributed by atoms with Crippen molar-refractivity contribution >= 4 is 16.4 Å². The van der Waals surface area contributed by atoms with Crippen LogP contribution in [0.3, 0.4) is 0 Å². The van der Waals surface area contributed by atoms with Gasteiger partial charge in [0.2, 0.25) is 0 Å². The van der Waals surface area contributed by atoms with Gasteiger partial charge >= 0.3 is 16.4 Å². The topological polar surface area (TPSA) is 178 Å². The van der Waals surface area contributed by atoms with E-state index in [9.17, 15) is 28.5 Å². The zero-order valence-electron chi connectivity index (χ0n) is 36.6. The minimum Gasteiger partial charge on any atom is -0.457 e. The molecule has 6 atom stereocenters. The number of carbonyl (C=O) groups excluding carboxylic acids is 1. The standard InChI is InChI=1S/C46H82O12S/c1-3-5-7-9-11-13-15-17-18-19-20-21-22-24-26-28-30-32-34-36-54-38-40(39-55-46-44(50)45(58-59(51,52)53)43(49)41(37-47)57-46)56-42(48)35-33-31-29-27-25-23-16-14-12-10-8-6-4-2/h6,8,12,14,18-19,23,25,40-41,43-47,49-50H,3-5,7,9-11,13,15-17,20-22,24,26-39H2,1-2H3,(H,51,52,53)/b8-6-,14-12-,19-18-,25-23-. The van der Waals surface area contributed by atoms with Gasteiger partial charge in [-0.2, -0.15) is 8.42 Å². The molecule has 0 aromatic carbocycles. The first-order valence-corrected chi connectivity index (χ1v) is 24.3. The third-order valence-electron chi connectivity index (χ3n) is 10.2. The minimum absolute atomic E-state index is 0.0210. The molecule has 0 radical (unpaired) electrons. The molecule has 1 heterocycles. The van der Waals surface area contributed by atoms with E-state index in [1.165, 1.54) is 89.9 Å². The molecular weight excluding hydrogens is 777 g/mol. The Hall–Kier alpha value is -1.94. The number of unbranched alkanes of at least 4 members (excludes halogenated alkanes) is 18. The minimum atomic E-state index is -5.07. The van der Waals surface area contributed by atoms with E-state index >= 15 is 0 Å². The van der Waals surface area contributed by atoms with Gasteiger partial charge in [-0.05, 0) is 70.6 Å². The van der Waals surface area contributed by atoms with E-state index < -0.39 is 59.8 Å². The highest BCUT2D eigenvalue weighted by Crippen LogP contribution is 2.26. The van der Waals surface area contributed by atoms with Crippen molar-refractivity contribution in [2.24, 2.45) is 0 Å². The molecule has 0 aliphatic carbocycles. The highest BCUT2D eigenvalue weighted by molar-refractivity contribution is 7.80. The first kappa shape index (κ1) is 55.1. The van der Waals surface area contributed by atoms with Crippen LogP contribution in [0.4, 0.5) is 0 Å². The van der Waals surface area contributed by atoms with Gasteiger partial charge in [0.05, 0.1) is 19.8 Å². The summed E-state index contributed by atoms with van der Waals surface area (Å²) in [6.07, 6.45) is 35.8. The van der Waals surface area contributed by atoms with Crippen LogP contribution >= 0.6 is 0 Å². The Morgan fingerprint density at radius 3 is 1.73 bits per heavy atom. The molecule has 0 aromatic heterocycles. The van der Waals surface area contributed by atoms with Gasteiger partial charge < -0.3 is 34.3 Å². The SMILES string of the molecule is CC/C=C\C/C=C\C/C=C\CCCCCC(=O)OC(COCCCCCCCCCC/C=C\CCCCCCCCC)COC1OC(CO)C(O)C(OS(=O)(=O)O)C1O. The molecule has 1 rings (SSSR count). The zero-order chi connectivity index (χ0) is 43.2. The third-order valence-corrected chi connectivity index (χ3v) is 10.7. The molecule has 59 heavy (non-hydrogen) atoms. The number of hydrogen-bond acceptors (Lipinski definition) is 11. The lowest BCUT2D eigenvalue weighted by Crippen LogP contribution is -2.60. The quantitative estimate of drug-likeness (QED) is 0.0199. The van der Waals surface area contributed by atoms with Gasteiger partial charge in [0.1, 0.15) is 30.5 Å². The summed E-state index contributed by atoms with van der Waals surface area (Å²) in [6, 6.07) is 0. The molecule has 344 valence electrons. The predicted molar refractivity (Wildman–Crippen MR) is 234 cm³/mol. The molecular formula is C46H82O12S. The molecule has 12 nitrogen and oxygen atoms in total. The van der Waals surface area contributed by atoms with Gasteiger partial charge in [-0.15, -0.1) is 0 Å². The second-order valence-corrected chi connectivity index (χ2v) is 16.7. The Bertz CT molecular complexity index is 1220. The van der Waals surface area contributed by atoms with E-state index in [1.54, 1.807) is 0 Å². The Morgan fingerprint density at radius 1 is 0.661 bits per heavy atom. The smallest absolute Gasteiger partial charge is 0.397 e. The van der Waals surface area contributed by atoms with Crippen molar-refractivity contribution in [1.82, 2.24) is 0 Å². The summed E-state index contributed by atoms with van der Waals surface area (Å²) in [4.78, 5) is 12.8. The van der Waals surface area contributed by atoms with Crippen LogP contribution in [0.2, 0.25) is 0 Å². The summed E-state index contributed by atoms with van der Waals surface area (Å²) in [7, 11) is -5.07. The van der Waals surface area contributed by atoms with Crippen molar-refractivity contribution < 1.29 is 56.2 Å². The predicted octanol–water partition coefficient (Wildman–Crippen LogP) is 9.58. The lowest BCUT2D eigenvalue weighted by Gasteiger charge is -2.41. The second-order valence-electron chi connectivity index (χ2n) is 15.6. The Morgan fingerprint density at radius 2 is 1.17 bits per heavy atom. The number of ether oxygens (including phenoxy) is 4. The highest BCUT2D eigenvalue weighted by Gasteiger charge is 2.48. The van der Waals surface area contributed by atoms with Crippen molar-refractivity contribution in [3.05, 3.63) is 48.6 Å². The number of aliphatic hydroxyl groups excluding tert-OH is 3. The van der Waals surface area contributed by atoms with Gasteiger partial charge in [0.25, 0.3) is 0 Å². The summed E-state index contributed by atoms with van der Waals surface area (Å²) < 4.78 is 59.0. The molecule has 0 amide bonds. The lowest BCUT2D eigenvalue weighted by atomic mass is 9.99. The monoisotopic (exact) mass is 859 g/mol. The van der Waals surface area contributed by atoms with Crippen molar-refractivity contribution in [3.63, 3.8) is 0 Å². The molecule has 0 bridgehead atoms. The van der Waals surface area contributed by atoms with Crippen LogP contribution in [0, 0.1) is 0 Å². The summed E-state index contributed by atoms with van der Waals surface area (Å²) in [6.45, 7) is 3.82. The molecule has 1 aliphatic rings. The summed E-state index contributed by atoms with van der Waals surface area (Å²) in [5, 5.41) is 30.6. The fraction of sp³-hybridized carbons (Fsp3) is 0.804. The van der Waals surface area contributed by atoms with Gasteiger partial charge in [-0.1, -0.05) is 146 Å². The van der Waals surface area contributed by atoms with Gasteiger partial charge in [-0.3, -0.25) is 9.35 Å². The van der Waals surface area contributed by atoms with Crippen molar-refractivity contribution in [2.75, 3.05) is 26.4 Å². The van der Waals surface area contributed by atoms with E-state index in [0.717, 1.165) is 57.8 Å². The molecule has 13 heteroatoms. The number of aliphatic hydroxyl groups is 3. The first-order chi connectivity index (χ1) is 28.6. The number of allylic oxidation sites excluding steroid dienone is 8. The van der Waals surface area contributed by atoms with Gasteiger partial charge in [0.15, 0.2) is 6.29 Å². The van der Waals surface area contributed by atoms with Crippen LogP contribution in [0.1, 0.15) is 174 Å². The fourth-order valence-electron chi connectivity index (χ4n) is 6.74. The summed E-state index contributed by atoms with van der Waals surface area (Å²) >= 11 is 0. The lowest BCUT2D eigenvalue weighted by molar-refractivity contribution is -0.301. The average Bonchev–Trinajstić information content (AvgIpc) is 3.20.